The van der Waals surface area contributed by atoms with E-state index in [0.29, 0.717) is 11.5 Å². The average molecular weight is 239 g/mol. The normalized spacial score (nSPS) is 11.2. The first kappa shape index (κ1) is 12.3. The molecule has 4 nitrogen and oxygen atoms in total. The molecule has 0 aliphatic carbocycles. The molecule has 1 amide bonds. The third-order valence-electron chi connectivity index (χ3n) is 1.79. The molecule has 0 fully saturated rings. The van der Waals surface area contributed by atoms with E-state index in [1.165, 1.54) is 6.08 Å². The molecule has 1 aromatic heterocycles. The van der Waals surface area contributed by atoms with E-state index in [1.54, 1.807) is 13.0 Å². The molecule has 0 aliphatic heterocycles. The van der Waals surface area contributed by atoms with Crippen molar-refractivity contribution in [3.8, 4) is 0 Å². The van der Waals surface area contributed by atoms with Crippen molar-refractivity contribution in [1.29, 1.82) is 0 Å². The van der Waals surface area contributed by atoms with Crippen LogP contribution < -0.4 is 5.73 Å². The second-order valence-corrected chi connectivity index (χ2v) is 3.45. The Hall–Kier alpha value is -1.81. The van der Waals surface area contributed by atoms with Gasteiger partial charge in [-0.05, 0) is 0 Å². The monoisotopic (exact) mass is 238 g/mol. The van der Waals surface area contributed by atoms with Gasteiger partial charge in [0.2, 0.25) is 0 Å². The summed E-state index contributed by atoms with van der Waals surface area (Å²) < 4.78 is 5.28. The zero-order valence-electron chi connectivity index (χ0n) is 8.79. The molecule has 0 saturated carbocycles. The highest BCUT2D eigenvalue weighted by molar-refractivity contribution is 6.36. The van der Waals surface area contributed by atoms with E-state index < -0.39 is 5.91 Å². The van der Waals surface area contributed by atoms with Crippen LogP contribution in [0.4, 0.5) is 0 Å². The molecule has 0 bridgehead atoms. The molecular formula is C11H11ClN2O2. The maximum absolute atomic E-state index is 11.1. The molecule has 1 rings (SSSR count). The first-order valence-electron chi connectivity index (χ1n) is 4.42. The van der Waals surface area contributed by atoms with Crippen LogP contribution in [0.2, 0.25) is 0 Å². The summed E-state index contributed by atoms with van der Waals surface area (Å²) in [5.74, 6) is -0.138. The molecule has 1 heterocycles. The Morgan fingerprint density at radius 2 is 2.25 bits per heavy atom. The van der Waals surface area contributed by atoms with Gasteiger partial charge in [0.1, 0.15) is 0 Å². The highest BCUT2D eigenvalue weighted by Crippen LogP contribution is 2.28. The molecule has 84 valence electrons. The van der Waals surface area contributed by atoms with Gasteiger partial charge in [0, 0.05) is 17.5 Å². The van der Waals surface area contributed by atoms with Gasteiger partial charge in [-0.1, -0.05) is 36.9 Å². The Morgan fingerprint density at radius 3 is 2.69 bits per heavy atom. The maximum Gasteiger partial charge on any atom is 0.271 e. The van der Waals surface area contributed by atoms with Crippen LogP contribution >= 0.6 is 11.6 Å². The summed E-state index contributed by atoms with van der Waals surface area (Å²) in [5.41, 5.74) is 5.65. The van der Waals surface area contributed by atoms with Crippen molar-refractivity contribution in [2.75, 3.05) is 0 Å². The van der Waals surface area contributed by atoms with Crippen LogP contribution in [-0.2, 0) is 0 Å². The molecule has 2 N–H and O–H groups in total. The van der Waals surface area contributed by atoms with Crippen LogP contribution in [-0.4, -0.2) is 10.9 Å². The van der Waals surface area contributed by atoms with Crippen molar-refractivity contribution < 1.29 is 9.21 Å². The zero-order valence-corrected chi connectivity index (χ0v) is 9.54. The van der Waals surface area contributed by atoms with Crippen molar-refractivity contribution in [2.24, 2.45) is 5.73 Å². The van der Waals surface area contributed by atoms with Gasteiger partial charge < -0.3 is 10.2 Å². The number of halogens is 1. The highest BCUT2D eigenvalue weighted by atomic mass is 35.5. The molecule has 5 heteroatoms. The van der Waals surface area contributed by atoms with Crippen LogP contribution in [0.1, 0.15) is 22.1 Å². The van der Waals surface area contributed by atoms with Crippen LogP contribution in [0.25, 0.3) is 5.57 Å². The van der Waals surface area contributed by atoms with Gasteiger partial charge in [-0.2, -0.15) is 0 Å². The Balaban J connectivity index is 3.40. The van der Waals surface area contributed by atoms with E-state index in [2.05, 4.69) is 18.1 Å². The lowest BCUT2D eigenvalue weighted by Crippen LogP contribution is -2.13. The predicted octanol–water partition coefficient (Wildman–Crippen LogP) is 2.40. The Labute approximate surface area is 98.1 Å². The van der Waals surface area contributed by atoms with Gasteiger partial charge in [-0.25, -0.2) is 4.98 Å². The molecule has 0 spiro atoms. The molecule has 16 heavy (non-hydrogen) atoms. The Bertz CT molecular complexity index is 486. The number of carbonyl (C=O) groups is 1. The summed E-state index contributed by atoms with van der Waals surface area (Å²) in [6, 6.07) is 0. The number of aryl methyl sites for hydroxylation is 1. The van der Waals surface area contributed by atoms with Crippen molar-refractivity contribution in [3.63, 3.8) is 0 Å². The molecule has 1 aromatic rings. The number of primary amides is 1. The number of hydrogen-bond donors (Lipinski definition) is 1. The standard InChI is InChI=1S/C11H11ClN2O2/c1-4-5-8(6(2)12)10-9(11(13)15)14-7(3)16-10/h4-5H,1-2H2,3H3,(H2,13,15). The summed E-state index contributed by atoms with van der Waals surface area (Å²) in [5, 5.41) is 0.221. The fourth-order valence-electron chi connectivity index (χ4n) is 1.18. The van der Waals surface area contributed by atoms with Gasteiger partial charge >= 0.3 is 0 Å². The Kier molecular flexibility index (Phi) is 3.68. The molecule has 0 atom stereocenters. The van der Waals surface area contributed by atoms with Crippen LogP contribution in [0.15, 0.2) is 34.8 Å². The van der Waals surface area contributed by atoms with Gasteiger partial charge in [-0.15, -0.1) is 0 Å². The third-order valence-corrected chi connectivity index (χ3v) is 1.99. The van der Waals surface area contributed by atoms with Crippen molar-refractivity contribution in [2.45, 2.75) is 6.92 Å². The first-order valence-corrected chi connectivity index (χ1v) is 4.80. The van der Waals surface area contributed by atoms with Crippen LogP contribution in [0.3, 0.4) is 0 Å². The minimum absolute atomic E-state index is 0.0346. The number of oxazole rings is 1. The van der Waals surface area contributed by atoms with Crippen LogP contribution in [0.5, 0.6) is 0 Å². The summed E-state index contributed by atoms with van der Waals surface area (Å²) in [6.45, 7) is 8.71. The van der Waals surface area contributed by atoms with Gasteiger partial charge in [0.15, 0.2) is 17.3 Å². The minimum atomic E-state index is -0.681. The summed E-state index contributed by atoms with van der Waals surface area (Å²) >= 11 is 5.79. The number of nitrogens with zero attached hydrogens (tertiary/aromatic N) is 1. The number of aromatic nitrogens is 1. The van der Waals surface area contributed by atoms with Gasteiger partial charge in [0.25, 0.3) is 5.91 Å². The lowest BCUT2D eigenvalue weighted by atomic mass is 10.1. The average Bonchev–Trinajstić information content (AvgIpc) is 2.56. The minimum Gasteiger partial charge on any atom is -0.440 e. The second-order valence-electron chi connectivity index (χ2n) is 3.00. The molecule has 0 saturated heterocycles. The van der Waals surface area contributed by atoms with E-state index in [-0.39, 0.29) is 16.5 Å². The van der Waals surface area contributed by atoms with Crippen molar-refractivity contribution in [3.05, 3.63) is 47.7 Å². The lowest BCUT2D eigenvalue weighted by molar-refractivity contribution is 0.0995. The van der Waals surface area contributed by atoms with Gasteiger partial charge in [0.05, 0.1) is 0 Å². The van der Waals surface area contributed by atoms with E-state index in [4.69, 9.17) is 21.8 Å². The number of allylic oxidation sites excluding steroid dienone is 4. The zero-order chi connectivity index (χ0) is 12.3. The first-order chi connectivity index (χ1) is 7.47. The number of hydrogen-bond acceptors (Lipinski definition) is 3. The molecule has 0 aliphatic rings. The fourth-order valence-corrected chi connectivity index (χ4v) is 1.33. The molecule has 0 radical (unpaired) electrons. The molecular weight excluding hydrogens is 228 g/mol. The number of rotatable bonds is 4. The summed E-state index contributed by atoms with van der Waals surface area (Å²) in [6.07, 6.45) is 3.08. The second kappa shape index (κ2) is 4.81. The third kappa shape index (κ3) is 2.41. The smallest absolute Gasteiger partial charge is 0.271 e. The number of carbonyl (C=O) groups excluding carboxylic acids is 1. The van der Waals surface area contributed by atoms with E-state index in [9.17, 15) is 4.79 Å². The Morgan fingerprint density at radius 1 is 1.62 bits per heavy atom. The SMILES string of the molecule is C=CC=C(C(=C)Cl)c1oc(C)nc1C(N)=O. The van der Waals surface area contributed by atoms with E-state index in [0.717, 1.165) is 0 Å². The fraction of sp³-hybridized carbons (Fsp3) is 0.0909. The van der Waals surface area contributed by atoms with Gasteiger partial charge in [-0.3, -0.25) is 4.79 Å². The molecule has 0 aromatic carbocycles. The topological polar surface area (TPSA) is 69.1 Å². The highest BCUT2D eigenvalue weighted by Gasteiger charge is 2.20. The van der Waals surface area contributed by atoms with Crippen molar-refractivity contribution in [1.82, 2.24) is 4.98 Å². The van der Waals surface area contributed by atoms with E-state index >= 15 is 0 Å². The molecule has 0 unspecified atom stereocenters. The van der Waals surface area contributed by atoms with E-state index in [1.807, 2.05) is 0 Å². The largest absolute Gasteiger partial charge is 0.440 e. The lowest BCUT2D eigenvalue weighted by Gasteiger charge is -2.01. The van der Waals surface area contributed by atoms with Crippen molar-refractivity contribution >= 4 is 23.1 Å². The van der Waals surface area contributed by atoms with Crippen LogP contribution in [0, 0.1) is 6.92 Å². The summed E-state index contributed by atoms with van der Waals surface area (Å²) in [4.78, 5) is 15.0. The quantitative estimate of drug-likeness (QED) is 0.819. The maximum atomic E-state index is 11.1. The summed E-state index contributed by atoms with van der Waals surface area (Å²) in [7, 11) is 0. The number of amides is 1. The predicted molar refractivity (Wildman–Crippen MR) is 62.9 cm³/mol. The number of nitrogens with two attached hydrogens (primary N) is 1.